The fourth-order valence-electron chi connectivity index (χ4n) is 2.65. The Hall–Kier alpha value is -3.39. The van der Waals surface area contributed by atoms with E-state index in [0.717, 1.165) is 11.1 Å². The third-order valence-electron chi connectivity index (χ3n) is 4.30. The summed E-state index contributed by atoms with van der Waals surface area (Å²) in [5.74, 6) is -1.76. The summed E-state index contributed by atoms with van der Waals surface area (Å²) in [5.41, 5.74) is 2.31. The first-order valence-electron chi connectivity index (χ1n) is 8.66. The van der Waals surface area contributed by atoms with Crippen LogP contribution in [0.5, 0.6) is 0 Å². The van der Waals surface area contributed by atoms with Crippen molar-refractivity contribution in [3.63, 3.8) is 0 Å². The number of halogens is 5. The van der Waals surface area contributed by atoms with Crippen LogP contribution in [0.1, 0.15) is 33.4 Å². The van der Waals surface area contributed by atoms with Crippen LogP contribution in [-0.4, -0.2) is 0 Å². The van der Waals surface area contributed by atoms with Gasteiger partial charge in [0.1, 0.15) is 0 Å². The van der Waals surface area contributed by atoms with E-state index >= 15 is 0 Å². The van der Waals surface area contributed by atoms with Crippen LogP contribution in [0.2, 0.25) is 0 Å². The number of benzene rings is 3. The van der Waals surface area contributed by atoms with Crippen LogP contribution in [0.4, 0.5) is 22.0 Å². The quantitative estimate of drug-likeness (QED) is 0.191. The van der Waals surface area contributed by atoms with Crippen molar-refractivity contribution < 1.29 is 22.0 Å². The fraction of sp³-hybridized carbons (Fsp3) is 0.0833. The van der Waals surface area contributed by atoms with Gasteiger partial charge < -0.3 is 0 Å². The van der Waals surface area contributed by atoms with Gasteiger partial charge in [0.05, 0.1) is 0 Å². The van der Waals surface area contributed by atoms with Gasteiger partial charge in [-0.25, -0.2) is 22.0 Å². The summed E-state index contributed by atoms with van der Waals surface area (Å²) in [4.78, 5) is 0. The molecule has 146 valence electrons. The molecular formula is C24H15F5. The second kappa shape index (κ2) is 8.32. The van der Waals surface area contributed by atoms with E-state index < -0.39 is 34.7 Å². The van der Waals surface area contributed by atoms with Crippen LogP contribution < -0.4 is 0 Å². The van der Waals surface area contributed by atoms with Crippen molar-refractivity contribution in [3.05, 3.63) is 105 Å². The zero-order valence-corrected chi connectivity index (χ0v) is 15.6. The fourth-order valence-corrected chi connectivity index (χ4v) is 2.65. The summed E-state index contributed by atoms with van der Waals surface area (Å²) in [5, 5.41) is 0. The molecule has 0 saturated carbocycles. The van der Waals surface area contributed by atoms with Gasteiger partial charge in [0, 0.05) is 22.3 Å². The summed E-state index contributed by atoms with van der Waals surface area (Å²) in [7, 11) is 0. The Morgan fingerprint density at radius 3 is 1.86 bits per heavy atom. The van der Waals surface area contributed by atoms with E-state index in [1.54, 1.807) is 6.92 Å². The minimum absolute atomic E-state index is 0.119. The zero-order chi connectivity index (χ0) is 21.1. The van der Waals surface area contributed by atoms with Crippen molar-refractivity contribution in [2.45, 2.75) is 13.8 Å². The summed E-state index contributed by atoms with van der Waals surface area (Å²) < 4.78 is 68.5. The first-order valence-corrected chi connectivity index (χ1v) is 8.66. The highest BCUT2D eigenvalue weighted by atomic mass is 19.2. The van der Waals surface area contributed by atoms with Crippen LogP contribution in [-0.2, 0) is 0 Å². The average Bonchev–Trinajstić information content (AvgIpc) is 2.70. The highest BCUT2D eigenvalue weighted by Crippen LogP contribution is 2.31. The molecule has 0 aliphatic rings. The molecule has 0 spiro atoms. The van der Waals surface area contributed by atoms with Crippen molar-refractivity contribution in [1.82, 2.24) is 0 Å². The Bertz CT molecular complexity index is 1140. The lowest BCUT2D eigenvalue weighted by atomic mass is 10.0. The van der Waals surface area contributed by atoms with E-state index in [2.05, 4.69) is 11.8 Å². The summed E-state index contributed by atoms with van der Waals surface area (Å²) in [6.45, 7) is 3.65. The van der Waals surface area contributed by atoms with Gasteiger partial charge in [-0.15, -0.1) is 0 Å². The molecule has 5 heteroatoms. The van der Waals surface area contributed by atoms with E-state index in [0.29, 0.717) is 23.3 Å². The normalized spacial score (nSPS) is 11.6. The molecule has 0 heterocycles. The Morgan fingerprint density at radius 2 is 1.28 bits per heavy atom. The number of hydrogen-bond acceptors (Lipinski definition) is 0. The molecular weight excluding hydrogens is 383 g/mol. The lowest BCUT2D eigenvalue weighted by molar-refractivity contribution is 0.446. The Morgan fingerprint density at radius 1 is 0.690 bits per heavy atom. The molecule has 0 saturated heterocycles. The lowest BCUT2D eigenvalue weighted by Crippen LogP contribution is -1.94. The van der Waals surface area contributed by atoms with Crippen molar-refractivity contribution >= 4 is 11.7 Å². The van der Waals surface area contributed by atoms with Crippen LogP contribution in [0, 0.1) is 43.1 Å². The third kappa shape index (κ3) is 4.55. The minimum atomic E-state index is -1.74. The average molecular weight is 398 g/mol. The van der Waals surface area contributed by atoms with E-state index in [1.165, 1.54) is 18.2 Å². The zero-order valence-electron chi connectivity index (χ0n) is 15.6. The van der Waals surface area contributed by atoms with Gasteiger partial charge >= 0.3 is 0 Å². The SMILES string of the molecule is Cc1ccc(C#Cc2ccc(/C(F)=C(\F)c3cc(F)c(F)c(F)c3)cc2C)cc1. The highest BCUT2D eigenvalue weighted by molar-refractivity contribution is 5.83. The van der Waals surface area contributed by atoms with Crippen LogP contribution in [0.25, 0.3) is 11.7 Å². The van der Waals surface area contributed by atoms with Crippen molar-refractivity contribution in [1.29, 1.82) is 0 Å². The topological polar surface area (TPSA) is 0 Å². The molecule has 0 unspecified atom stereocenters. The standard InChI is InChI=1S/C24H15F5/c1-14-3-5-16(6-4-14)7-8-17-9-10-18(11-15(17)2)22(27)23(28)19-12-20(25)24(29)21(26)13-19/h3-6,9-13H,1-2H3/b23-22+. The van der Waals surface area contributed by atoms with Gasteiger partial charge in [-0.3, -0.25) is 0 Å². The van der Waals surface area contributed by atoms with E-state index in [9.17, 15) is 22.0 Å². The minimum Gasteiger partial charge on any atom is -0.204 e. The molecule has 3 aromatic rings. The van der Waals surface area contributed by atoms with Crippen LogP contribution in [0.3, 0.4) is 0 Å². The molecule has 0 nitrogen and oxygen atoms in total. The first-order chi connectivity index (χ1) is 13.8. The van der Waals surface area contributed by atoms with Gasteiger partial charge in [0.15, 0.2) is 29.1 Å². The molecule has 0 radical (unpaired) electrons. The molecule has 0 atom stereocenters. The molecule has 3 rings (SSSR count). The molecule has 29 heavy (non-hydrogen) atoms. The molecule has 0 aromatic heterocycles. The molecule has 0 N–H and O–H groups in total. The van der Waals surface area contributed by atoms with Gasteiger partial charge in [0.25, 0.3) is 0 Å². The van der Waals surface area contributed by atoms with E-state index in [4.69, 9.17) is 0 Å². The number of hydrogen-bond donors (Lipinski definition) is 0. The molecule has 0 aliphatic carbocycles. The molecule has 0 bridgehead atoms. The molecule has 0 amide bonds. The van der Waals surface area contributed by atoms with Gasteiger partial charge in [-0.1, -0.05) is 35.6 Å². The summed E-state index contributed by atoms with van der Waals surface area (Å²) in [6.07, 6.45) is 0. The largest absolute Gasteiger partial charge is 0.204 e. The molecule has 3 aromatic carbocycles. The van der Waals surface area contributed by atoms with Crippen molar-refractivity contribution in [2.75, 3.05) is 0 Å². The van der Waals surface area contributed by atoms with Gasteiger partial charge in [-0.05, 0) is 55.8 Å². The summed E-state index contributed by atoms with van der Waals surface area (Å²) >= 11 is 0. The Labute approximate surface area is 165 Å². The first kappa shape index (κ1) is 20.3. The predicted octanol–water partition coefficient (Wildman–Crippen LogP) is 6.89. The Balaban J connectivity index is 1.93. The maximum absolute atomic E-state index is 14.5. The number of aryl methyl sites for hydroxylation is 2. The Kier molecular flexibility index (Phi) is 5.84. The predicted molar refractivity (Wildman–Crippen MR) is 104 cm³/mol. The van der Waals surface area contributed by atoms with Gasteiger partial charge in [-0.2, -0.15) is 0 Å². The van der Waals surface area contributed by atoms with E-state index in [-0.39, 0.29) is 5.56 Å². The maximum atomic E-state index is 14.5. The second-order valence-corrected chi connectivity index (χ2v) is 6.53. The molecule has 0 aliphatic heterocycles. The van der Waals surface area contributed by atoms with Crippen molar-refractivity contribution in [2.24, 2.45) is 0 Å². The highest BCUT2D eigenvalue weighted by Gasteiger charge is 2.17. The maximum Gasteiger partial charge on any atom is 0.194 e. The summed E-state index contributed by atoms with van der Waals surface area (Å²) in [6, 6.07) is 12.7. The van der Waals surface area contributed by atoms with E-state index in [1.807, 2.05) is 31.2 Å². The van der Waals surface area contributed by atoms with Crippen molar-refractivity contribution in [3.8, 4) is 11.8 Å². The second-order valence-electron chi connectivity index (χ2n) is 6.53. The smallest absolute Gasteiger partial charge is 0.194 e. The van der Waals surface area contributed by atoms with Crippen LogP contribution >= 0.6 is 0 Å². The molecule has 0 fully saturated rings. The van der Waals surface area contributed by atoms with Crippen LogP contribution in [0.15, 0.2) is 54.6 Å². The van der Waals surface area contributed by atoms with Gasteiger partial charge in [0.2, 0.25) is 0 Å². The monoisotopic (exact) mass is 398 g/mol. The third-order valence-corrected chi connectivity index (χ3v) is 4.30. The lowest BCUT2D eigenvalue weighted by Gasteiger charge is -2.06. The number of rotatable bonds is 2.